The summed E-state index contributed by atoms with van der Waals surface area (Å²) in [5.41, 5.74) is 1.29. The molecule has 0 unspecified atom stereocenters. The van der Waals surface area contributed by atoms with Crippen LogP contribution in [0.4, 0.5) is 0 Å². The molecule has 1 N–H and O–H groups in total. The smallest absolute Gasteiger partial charge is 0.251 e. The van der Waals surface area contributed by atoms with Crippen LogP contribution < -0.4 is 14.8 Å². The van der Waals surface area contributed by atoms with Gasteiger partial charge in [-0.3, -0.25) is 4.79 Å². The summed E-state index contributed by atoms with van der Waals surface area (Å²) in [4.78, 5) is 12.5. The van der Waals surface area contributed by atoms with Crippen molar-refractivity contribution in [3.63, 3.8) is 0 Å². The van der Waals surface area contributed by atoms with Gasteiger partial charge in [0.15, 0.2) is 21.3 Å². The lowest BCUT2D eigenvalue weighted by Gasteiger charge is -2.07. The van der Waals surface area contributed by atoms with E-state index in [0.717, 1.165) is 5.56 Å². The van der Waals surface area contributed by atoms with E-state index in [4.69, 9.17) is 9.47 Å². The first kappa shape index (κ1) is 16.3. The molecule has 1 aliphatic rings. The van der Waals surface area contributed by atoms with Gasteiger partial charge in [-0.25, -0.2) is 8.42 Å². The number of fused-ring (bicyclic) bond motifs is 1. The second-order valence-corrected chi connectivity index (χ2v) is 7.58. The van der Waals surface area contributed by atoms with Gasteiger partial charge in [-0.05, 0) is 35.9 Å². The normalized spacial score (nSPS) is 12.9. The summed E-state index contributed by atoms with van der Waals surface area (Å²) >= 11 is 0. The maximum absolute atomic E-state index is 12.2. The van der Waals surface area contributed by atoms with Crippen LogP contribution in [0.2, 0.25) is 0 Å². The van der Waals surface area contributed by atoms with Crippen LogP contribution >= 0.6 is 0 Å². The second kappa shape index (κ2) is 6.52. The molecular formula is C17H17NO5S. The van der Waals surface area contributed by atoms with Gasteiger partial charge in [0.25, 0.3) is 5.91 Å². The van der Waals surface area contributed by atoms with Crippen LogP contribution in [0.3, 0.4) is 0 Å². The minimum atomic E-state index is -3.21. The molecule has 2 aromatic rings. The summed E-state index contributed by atoms with van der Waals surface area (Å²) in [5, 5.41) is 2.79. The molecule has 0 aliphatic carbocycles. The average molecular weight is 347 g/mol. The molecule has 24 heavy (non-hydrogen) atoms. The zero-order valence-electron chi connectivity index (χ0n) is 13.1. The molecular weight excluding hydrogens is 330 g/mol. The third-order valence-electron chi connectivity index (χ3n) is 3.75. The van der Waals surface area contributed by atoms with Crippen molar-refractivity contribution >= 4 is 15.7 Å². The highest BCUT2D eigenvalue weighted by Gasteiger charge is 2.16. The van der Waals surface area contributed by atoms with E-state index in [-0.39, 0.29) is 23.3 Å². The van der Waals surface area contributed by atoms with Gasteiger partial charge in [0.2, 0.25) is 6.79 Å². The van der Waals surface area contributed by atoms with E-state index in [0.29, 0.717) is 23.6 Å². The third kappa shape index (κ3) is 3.35. The molecule has 1 heterocycles. The predicted molar refractivity (Wildman–Crippen MR) is 87.9 cm³/mol. The Morgan fingerprint density at radius 3 is 2.50 bits per heavy atom. The fraction of sp³-hybridized carbons (Fsp3) is 0.235. The molecule has 0 radical (unpaired) electrons. The maximum atomic E-state index is 12.2. The molecule has 1 amide bonds. The molecule has 1 aliphatic heterocycles. The van der Waals surface area contributed by atoms with Crippen molar-refractivity contribution in [3.8, 4) is 11.5 Å². The number of benzene rings is 2. The van der Waals surface area contributed by atoms with E-state index >= 15 is 0 Å². The molecule has 6 nitrogen and oxygen atoms in total. The number of hydrogen-bond acceptors (Lipinski definition) is 5. The minimum Gasteiger partial charge on any atom is -0.454 e. The Labute approximate surface area is 140 Å². The molecule has 0 fully saturated rings. The number of amides is 1. The molecule has 7 heteroatoms. The van der Waals surface area contributed by atoms with Gasteiger partial charge in [0.1, 0.15) is 0 Å². The Bertz CT molecular complexity index is 859. The first-order valence-electron chi connectivity index (χ1n) is 7.49. The fourth-order valence-corrected chi connectivity index (χ4v) is 3.19. The van der Waals surface area contributed by atoms with E-state index in [9.17, 15) is 13.2 Å². The van der Waals surface area contributed by atoms with Gasteiger partial charge >= 0.3 is 0 Å². The highest BCUT2D eigenvalue weighted by Crippen LogP contribution is 2.32. The lowest BCUT2D eigenvalue weighted by molar-refractivity contribution is 0.0950. The lowest BCUT2D eigenvalue weighted by atomic mass is 10.1. The van der Waals surface area contributed by atoms with E-state index in [2.05, 4.69) is 5.32 Å². The largest absolute Gasteiger partial charge is 0.454 e. The summed E-state index contributed by atoms with van der Waals surface area (Å²) < 4.78 is 34.0. The van der Waals surface area contributed by atoms with Crippen LogP contribution in [0, 0.1) is 0 Å². The van der Waals surface area contributed by atoms with E-state index < -0.39 is 9.84 Å². The Kier molecular flexibility index (Phi) is 4.44. The molecule has 0 saturated heterocycles. The second-order valence-electron chi connectivity index (χ2n) is 5.30. The molecule has 0 aromatic heterocycles. The van der Waals surface area contributed by atoms with Crippen molar-refractivity contribution < 1.29 is 22.7 Å². The number of nitrogens with one attached hydrogen (secondary N) is 1. The molecule has 2 aromatic carbocycles. The number of ether oxygens (including phenoxy) is 2. The highest BCUT2D eigenvalue weighted by molar-refractivity contribution is 7.91. The van der Waals surface area contributed by atoms with Crippen LogP contribution in [-0.4, -0.2) is 26.9 Å². The van der Waals surface area contributed by atoms with Crippen molar-refractivity contribution in [3.05, 3.63) is 53.6 Å². The first-order chi connectivity index (χ1) is 11.5. The lowest BCUT2D eigenvalue weighted by Crippen LogP contribution is -2.22. The monoisotopic (exact) mass is 347 g/mol. The number of rotatable bonds is 5. The van der Waals surface area contributed by atoms with Crippen molar-refractivity contribution in [2.24, 2.45) is 0 Å². The Morgan fingerprint density at radius 2 is 1.79 bits per heavy atom. The molecule has 0 saturated carbocycles. The molecule has 126 valence electrons. The Hall–Kier alpha value is -2.54. The Balaban J connectivity index is 1.64. The zero-order valence-corrected chi connectivity index (χ0v) is 13.9. The number of sulfone groups is 1. The minimum absolute atomic E-state index is 0.0627. The molecule has 0 atom stereocenters. The fourth-order valence-electron chi connectivity index (χ4n) is 2.30. The van der Waals surface area contributed by atoms with Gasteiger partial charge in [-0.2, -0.15) is 0 Å². The van der Waals surface area contributed by atoms with Gasteiger partial charge in [-0.15, -0.1) is 0 Å². The average Bonchev–Trinajstić information content (AvgIpc) is 3.07. The van der Waals surface area contributed by atoms with Crippen LogP contribution in [0.1, 0.15) is 22.8 Å². The van der Waals surface area contributed by atoms with E-state index in [1.807, 2.05) is 0 Å². The van der Waals surface area contributed by atoms with Gasteiger partial charge in [-0.1, -0.05) is 19.1 Å². The number of carbonyl (C=O) groups is 1. The van der Waals surface area contributed by atoms with Gasteiger partial charge in [0, 0.05) is 12.1 Å². The van der Waals surface area contributed by atoms with Crippen molar-refractivity contribution in [1.82, 2.24) is 5.32 Å². The van der Waals surface area contributed by atoms with Crippen LogP contribution in [0.5, 0.6) is 11.5 Å². The third-order valence-corrected chi connectivity index (χ3v) is 5.50. The van der Waals surface area contributed by atoms with Crippen molar-refractivity contribution in [2.75, 3.05) is 12.5 Å². The van der Waals surface area contributed by atoms with Crippen molar-refractivity contribution in [2.45, 2.75) is 18.4 Å². The van der Waals surface area contributed by atoms with Crippen LogP contribution in [-0.2, 0) is 16.4 Å². The summed E-state index contributed by atoms with van der Waals surface area (Å²) in [5.74, 6) is 1.00. The number of carbonyl (C=O) groups excluding carboxylic acids is 1. The van der Waals surface area contributed by atoms with Gasteiger partial charge in [0.05, 0.1) is 10.6 Å². The topological polar surface area (TPSA) is 81.7 Å². The summed E-state index contributed by atoms with van der Waals surface area (Å²) in [6.45, 7) is 2.07. The van der Waals surface area contributed by atoms with Crippen molar-refractivity contribution in [1.29, 1.82) is 0 Å². The summed E-state index contributed by atoms with van der Waals surface area (Å²) in [6.07, 6.45) is 0. The number of hydrogen-bond donors (Lipinski definition) is 1. The van der Waals surface area contributed by atoms with Crippen LogP contribution in [0.15, 0.2) is 47.4 Å². The molecule has 0 spiro atoms. The quantitative estimate of drug-likeness (QED) is 0.896. The van der Waals surface area contributed by atoms with Crippen LogP contribution in [0.25, 0.3) is 0 Å². The summed E-state index contributed by atoms with van der Waals surface area (Å²) in [6, 6.07) is 11.5. The maximum Gasteiger partial charge on any atom is 0.251 e. The predicted octanol–water partition coefficient (Wildman–Crippen LogP) is 2.14. The molecule has 0 bridgehead atoms. The van der Waals surface area contributed by atoms with Gasteiger partial charge < -0.3 is 14.8 Å². The Morgan fingerprint density at radius 1 is 1.08 bits per heavy atom. The molecule has 3 rings (SSSR count). The standard InChI is InChI=1S/C17H17NO5S/c1-2-24(20,21)14-6-3-12(4-7-14)10-18-17(19)13-5-8-15-16(9-13)23-11-22-15/h3-9H,2,10-11H2,1H3,(H,18,19). The van der Waals surface area contributed by atoms with E-state index in [1.165, 1.54) is 0 Å². The van der Waals surface area contributed by atoms with E-state index in [1.54, 1.807) is 49.4 Å². The summed E-state index contributed by atoms with van der Waals surface area (Å²) in [7, 11) is -3.21. The highest BCUT2D eigenvalue weighted by atomic mass is 32.2. The SMILES string of the molecule is CCS(=O)(=O)c1ccc(CNC(=O)c2ccc3c(c2)OCO3)cc1. The zero-order chi connectivity index (χ0) is 17.2. The first-order valence-corrected chi connectivity index (χ1v) is 9.14.